The first kappa shape index (κ1) is 16.1. The Kier molecular flexibility index (Phi) is 3.32. The summed E-state index contributed by atoms with van der Waals surface area (Å²) in [6, 6.07) is 0. The second kappa shape index (κ2) is 4.34. The molecule has 1 atom stereocenters. The van der Waals surface area contributed by atoms with E-state index in [1.807, 2.05) is 0 Å². The van der Waals surface area contributed by atoms with Gasteiger partial charge in [-0.15, -0.1) is 0 Å². The minimum atomic E-state index is -3.54. The van der Waals surface area contributed by atoms with E-state index >= 15 is 0 Å². The highest BCUT2D eigenvalue weighted by molar-refractivity contribution is 7.93. The minimum Gasteiger partial charge on any atom is -0.481 e. The van der Waals surface area contributed by atoms with Crippen LogP contribution in [0.1, 0.15) is 34.1 Å². The zero-order valence-electron chi connectivity index (χ0n) is 12.7. The Morgan fingerprint density at radius 3 is 2.19 bits per heavy atom. The van der Waals surface area contributed by atoms with Gasteiger partial charge in [0.25, 0.3) is 0 Å². The topological polar surface area (TPSA) is 101 Å². The van der Waals surface area contributed by atoms with Crippen LogP contribution < -0.4 is 0 Å². The lowest BCUT2D eigenvalue weighted by Crippen LogP contribution is -2.72. The number of sulfone groups is 1. The largest absolute Gasteiger partial charge is 0.481 e. The maximum Gasteiger partial charge on any atom is 0.410 e. The number of nitrogens with zero attached hydrogens (tertiary/aromatic N) is 1. The highest BCUT2D eigenvalue weighted by Crippen LogP contribution is 2.53. The van der Waals surface area contributed by atoms with Crippen LogP contribution in [0.3, 0.4) is 0 Å². The number of likely N-dealkylation sites (tertiary alicyclic amines) is 1. The number of rotatable bonds is 1. The Labute approximate surface area is 124 Å². The number of carboxylic acid groups (broad SMARTS) is 1. The van der Waals surface area contributed by atoms with Gasteiger partial charge >= 0.3 is 12.1 Å². The van der Waals surface area contributed by atoms with E-state index in [-0.39, 0.29) is 25.3 Å². The number of hydrogen-bond acceptors (Lipinski definition) is 5. The van der Waals surface area contributed by atoms with Crippen molar-refractivity contribution in [3.63, 3.8) is 0 Å². The summed E-state index contributed by atoms with van der Waals surface area (Å²) in [5.41, 5.74) is -2.03. The molecule has 8 heteroatoms. The zero-order chi connectivity index (χ0) is 16.3. The Hall–Kier alpha value is -1.31. The average Bonchev–Trinajstić information content (AvgIpc) is 2.42. The van der Waals surface area contributed by atoms with Crippen molar-refractivity contribution in [2.24, 2.45) is 5.41 Å². The summed E-state index contributed by atoms with van der Waals surface area (Å²) in [6.45, 7) is 6.36. The van der Waals surface area contributed by atoms with Gasteiger partial charge < -0.3 is 14.7 Å². The first-order chi connectivity index (χ1) is 9.35. The molecule has 0 saturated carbocycles. The number of ether oxygens (including phenoxy) is 1. The lowest BCUT2D eigenvalue weighted by atomic mass is 9.70. The number of carbonyl (C=O) groups excluding carboxylic acids is 1. The van der Waals surface area contributed by atoms with Crippen LogP contribution in [0.5, 0.6) is 0 Å². The predicted molar refractivity (Wildman–Crippen MR) is 74.7 cm³/mol. The third kappa shape index (κ3) is 2.20. The van der Waals surface area contributed by atoms with Gasteiger partial charge in [0.2, 0.25) is 0 Å². The van der Waals surface area contributed by atoms with E-state index in [1.54, 1.807) is 20.8 Å². The summed E-state index contributed by atoms with van der Waals surface area (Å²) >= 11 is 0. The third-order valence-corrected chi connectivity index (χ3v) is 7.13. The predicted octanol–water partition coefficient (Wildman–Crippen LogP) is 0.885. The Morgan fingerprint density at radius 1 is 1.24 bits per heavy atom. The van der Waals surface area contributed by atoms with E-state index in [0.29, 0.717) is 0 Å². The van der Waals surface area contributed by atoms with Crippen molar-refractivity contribution in [3.05, 3.63) is 0 Å². The van der Waals surface area contributed by atoms with Crippen LogP contribution in [-0.4, -0.2) is 59.7 Å². The van der Waals surface area contributed by atoms with Crippen molar-refractivity contribution in [1.82, 2.24) is 4.90 Å². The SMILES string of the molecule is CC(C)(C)OC(=O)N1CC2(C1)C(C)(C(=O)O)CCS2(=O)=O. The molecule has 120 valence electrons. The molecule has 2 saturated heterocycles. The van der Waals surface area contributed by atoms with Crippen LogP contribution in [0.25, 0.3) is 0 Å². The molecule has 2 fully saturated rings. The van der Waals surface area contributed by atoms with Crippen molar-refractivity contribution in [2.45, 2.75) is 44.5 Å². The molecule has 0 aromatic heterocycles. The molecule has 21 heavy (non-hydrogen) atoms. The van der Waals surface area contributed by atoms with Crippen LogP contribution in [0.4, 0.5) is 4.79 Å². The van der Waals surface area contributed by atoms with Gasteiger partial charge in [-0.3, -0.25) is 4.79 Å². The molecule has 1 amide bonds. The fourth-order valence-corrected chi connectivity index (χ4v) is 5.63. The fourth-order valence-electron chi connectivity index (χ4n) is 2.98. The number of carboxylic acids is 1. The molecule has 2 heterocycles. The second-order valence-corrected chi connectivity index (χ2v) is 9.46. The Bertz CT molecular complexity index is 584. The second-order valence-electron chi connectivity index (χ2n) is 7.04. The van der Waals surface area contributed by atoms with Crippen molar-refractivity contribution in [3.8, 4) is 0 Å². The van der Waals surface area contributed by atoms with Gasteiger partial charge in [0.05, 0.1) is 11.2 Å². The lowest BCUT2D eigenvalue weighted by Gasteiger charge is -2.52. The summed E-state index contributed by atoms with van der Waals surface area (Å²) in [5, 5.41) is 9.42. The maximum atomic E-state index is 12.3. The molecule has 0 bridgehead atoms. The quantitative estimate of drug-likeness (QED) is 0.770. The summed E-state index contributed by atoms with van der Waals surface area (Å²) < 4.78 is 28.4. The van der Waals surface area contributed by atoms with Crippen LogP contribution >= 0.6 is 0 Å². The van der Waals surface area contributed by atoms with Crippen LogP contribution in [0.15, 0.2) is 0 Å². The maximum absolute atomic E-state index is 12.3. The Balaban J connectivity index is 2.22. The average molecular weight is 319 g/mol. The van der Waals surface area contributed by atoms with E-state index in [9.17, 15) is 23.1 Å². The van der Waals surface area contributed by atoms with Crippen LogP contribution in [0.2, 0.25) is 0 Å². The number of aliphatic carboxylic acids is 1. The molecule has 7 nitrogen and oxygen atoms in total. The smallest absolute Gasteiger partial charge is 0.410 e. The van der Waals surface area contributed by atoms with E-state index in [1.165, 1.54) is 11.8 Å². The molecule has 0 aromatic rings. The molecule has 2 rings (SSSR count). The summed E-state index contributed by atoms with van der Waals surface area (Å²) in [5.74, 6) is -1.29. The summed E-state index contributed by atoms with van der Waals surface area (Å²) in [6.07, 6.45) is -0.532. The molecule has 1 N–H and O–H groups in total. The fraction of sp³-hybridized carbons (Fsp3) is 0.846. The monoisotopic (exact) mass is 319 g/mol. The van der Waals surface area contributed by atoms with E-state index in [4.69, 9.17) is 4.74 Å². The molecular formula is C13H21NO6S. The molecular weight excluding hydrogens is 298 g/mol. The first-order valence-electron chi connectivity index (χ1n) is 6.78. The minimum absolute atomic E-state index is 0.0762. The van der Waals surface area contributed by atoms with Crippen molar-refractivity contribution >= 4 is 21.9 Å². The molecule has 1 spiro atoms. The normalized spacial score (nSPS) is 30.0. The molecule has 0 aliphatic carbocycles. The standard InChI is InChI=1S/C13H21NO6S/c1-11(2,3)20-10(17)14-7-13(8-14)12(4,9(15)16)5-6-21(13,18)19/h5-8H2,1-4H3,(H,15,16). The third-order valence-electron chi connectivity index (χ3n) is 4.49. The molecule has 2 aliphatic rings. The van der Waals surface area contributed by atoms with E-state index in [2.05, 4.69) is 0 Å². The number of amides is 1. The van der Waals surface area contributed by atoms with Gasteiger partial charge in [-0.1, -0.05) is 0 Å². The first-order valence-corrected chi connectivity index (χ1v) is 8.44. The van der Waals surface area contributed by atoms with E-state index < -0.39 is 37.7 Å². The highest BCUT2D eigenvalue weighted by atomic mass is 32.2. The number of hydrogen-bond donors (Lipinski definition) is 1. The van der Waals surface area contributed by atoms with Crippen LogP contribution in [0, 0.1) is 5.41 Å². The lowest BCUT2D eigenvalue weighted by molar-refractivity contribution is -0.153. The highest BCUT2D eigenvalue weighted by Gasteiger charge is 2.71. The van der Waals surface area contributed by atoms with Crippen molar-refractivity contribution in [2.75, 3.05) is 18.8 Å². The Morgan fingerprint density at radius 2 is 1.76 bits per heavy atom. The molecule has 0 radical (unpaired) electrons. The summed E-state index contributed by atoms with van der Waals surface area (Å²) in [7, 11) is -3.54. The molecule has 2 aliphatic heterocycles. The van der Waals surface area contributed by atoms with Gasteiger partial charge in [-0.05, 0) is 34.1 Å². The van der Waals surface area contributed by atoms with Gasteiger partial charge in [-0.2, -0.15) is 0 Å². The van der Waals surface area contributed by atoms with Gasteiger partial charge in [-0.25, -0.2) is 13.2 Å². The number of carbonyl (C=O) groups is 2. The van der Waals surface area contributed by atoms with Gasteiger partial charge in [0.15, 0.2) is 9.84 Å². The summed E-state index contributed by atoms with van der Waals surface area (Å²) in [4.78, 5) is 24.7. The van der Waals surface area contributed by atoms with Crippen molar-refractivity contribution in [1.29, 1.82) is 0 Å². The van der Waals surface area contributed by atoms with Gasteiger partial charge in [0.1, 0.15) is 10.3 Å². The van der Waals surface area contributed by atoms with Gasteiger partial charge in [0, 0.05) is 13.1 Å². The zero-order valence-corrected chi connectivity index (χ0v) is 13.5. The van der Waals surface area contributed by atoms with Crippen LogP contribution in [-0.2, 0) is 19.4 Å². The molecule has 0 aromatic carbocycles. The molecule has 1 unspecified atom stereocenters. The van der Waals surface area contributed by atoms with Crippen molar-refractivity contribution < 1.29 is 27.9 Å². The van der Waals surface area contributed by atoms with E-state index in [0.717, 1.165) is 0 Å².